The molecule has 118 valence electrons. The Balaban J connectivity index is 2.46. The summed E-state index contributed by atoms with van der Waals surface area (Å²) in [6.07, 6.45) is 0. The van der Waals surface area contributed by atoms with Gasteiger partial charge in [0.15, 0.2) is 18.4 Å². The van der Waals surface area contributed by atoms with Crippen LogP contribution in [0.25, 0.3) is 5.70 Å². The van der Waals surface area contributed by atoms with Crippen molar-refractivity contribution < 1.29 is 14.0 Å². The number of nitro groups is 1. The first kappa shape index (κ1) is 15.5. The van der Waals surface area contributed by atoms with Crippen LogP contribution in [0.4, 0.5) is 10.1 Å². The minimum atomic E-state index is -1.09. The lowest BCUT2D eigenvalue weighted by Gasteiger charge is -2.41. The zero-order valence-corrected chi connectivity index (χ0v) is 12.5. The van der Waals surface area contributed by atoms with Crippen LogP contribution in [0.15, 0.2) is 47.5 Å². The molecule has 6 nitrogen and oxygen atoms in total. The highest BCUT2D eigenvalue weighted by Gasteiger charge is 2.30. The lowest BCUT2D eigenvalue weighted by Crippen LogP contribution is -2.50. The molecule has 0 spiro atoms. The number of benzene rings is 2. The van der Waals surface area contributed by atoms with E-state index < -0.39 is 15.4 Å². The van der Waals surface area contributed by atoms with Crippen molar-refractivity contribution in [3.05, 3.63) is 79.7 Å². The Hall–Kier alpha value is -2.35. The van der Waals surface area contributed by atoms with E-state index in [9.17, 15) is 19.7 Å². The van der Waals surface area contributed by atoms with Gasteiger partial charge in [-0.15, -0.1) is 0 Å². The number of quaternary nitrogens is 1. The Kier molecular flexibility index (Phi) is 3.85. The van der Waals surface area contributed by atoms with Gasteiger partial charge in [0.25, 0.3) is 5.69 Å². The minimum Gasteiger partial charge on any atom is -0.625 e. The zero-order valence-electron chi connectivity index (χ0n) is 11.8. The molecule has 23 heavy (non-hydrogen) atoms. The summed E-state index contributed by atoms with van der Waals surface area (Å²) in [5.41, 5.74) is -0.0811. The number of alkyl halides is 1. The molecular weight excluding hydrogens is 325 g/mol. The Morgan fingerprint density at radius 2 is 2.04 bits per heavy atom. The summed E-state index contributed by atoms with van der Waals surface area (Å²) in [6, 6.07) is 9.37. The van der Waals surface area contributed by atoms with Gasteiger partial charge in [0.05, 0.1) is 21.1 Å². The van der Waals surface area contributed by atoms with E-state index in [2.05, 4.69) is 4.99 Å². The number of nitro benzene ring substituents is 1. The van der Waals surface area contributed by atoms with Crippen LogP contribution >= 0.6 is 11.6 Å². The highest BCUT2D eigenvalue weighted by molar-refractivity contribution is 6.17. The standard InChI is InChI=1S/C15H11ClFN3O3/c16-8-20(23)9-18-14-6-5-10(19(21)22)7-12(14)15(20)11-3-1-2-4-13(11)17/h1-7H,8-9H2. The Labute approximate surface area is 135 Å². The van der Waals surface area contributed by atoms with Gasteiger partial charge < -0.3 is 5.21 Å². The topological polar surface area (TPSA) is 78.6 Å². The van der Waals surface area contributed by atoms with Crippen LogP contribution < -0.4 is 10.6 Å². The molecule has 2 aromatic rings. The van der Waals surface area contributed by atoms with Crippen molar-refractivity contribution in [1.29, 1.82) is 0 Å². The number of hydrogen-bond donors (Lipinski definition) is 0. The fraction of sp³-hybridized carbons (Fsp3) is 0.133. The van der Waals surface area contributed by atoms with E-state index in [0.29, 0.717) is 5.36 Å². The molecular formula is C15H11ClFN3O3. The SMILES string of the molecule is O=[N+]([O-])c1ccc2c(c1)=C(c1ccccc1F)[N+]([O-])(CCl)CN=2. The lowest BCUT2D eigenvalue weighted by atomic mass is 10.1. The molecule has 1 aliphatic rings. The van der Waals surface area contributed by atoms with Crippen molar-refractivity contribution in [1.82, 2.24) is 0 Å². The summed E-state index contributed by atoms with van der Waals surface area (Å²) < 4.78 is 13.1. The minimum absolute atomic E-state index is 0.0480. The van der Waals surface area contributed by atoms with Crippen molar-refractivity contribution >= 4 is 23.0 Å². The van der Waals surface area contributed by atoms with E-state index in [1.807, 2.05) is 0 Å². The third-order valence-electron chi connectivity index (χ3n) is 3.65. The van der Waals surface area contributed by atoms with E-state index in [-0.39, 0.29) is 34.8 Å². The van der Waals surface area contributed by atoms with Gasteiger partial charge in [-0.1, -0.05) is 23.7 Å². The lowest BCUT2D eigenvalue weighted by molar-refractivity contribution is -0.797. The molecule has 1 aliphatic heterocycles. The summed E-state index contributed by atoms with van der Waals surface area (Å²) in [4.78, 5) is 14.6. The number of halogens is 2. The molecule has 0 fully saturated rings. The molecule has 0 saturated carbocycles. The fourth-order valence-corrected chi connectivity index (χ4v) is 2.76. The van der Waals surface area contributed by atoms with E-state index >= 15 is 0 Å². The van der Waals surface area contributed by atoms with Crippen LogP contribution in [-0.4, -0.2) is 22.2 Å². The second-order valence-electron chi connectivity index (χ2n) is 5.10. The molecule has 3 rings (SSSR count). The monoisotopic (exact) mass is 335 g/mol. The summed E-state index contributed by atoms with van der Waals surface area (Å²) in [6.45, 7) is -0.210. The molecule has 1 unspecified atom stereocenters. The second-order valence-corrected chi connectivity index (χ2v) is 5.33. The predicted molar refractivity (Wildman–Crippen MR) is 82.0 cm³/mol. The van der Waals surface area contributed by atoms with Crippen LogP contribution in [-0.2, 0) is 0 Å². The van der Waals surface area contributed by atoms with Crippen LogP contribution in [0.2, 0.25) is 0 Å². The quantitative estimate of drug-likeness (QED) is 0.215. The number of fused-ring (bicyclic) bond motifs is 1. The maximum Gasteiger partial charge on any atom is 0.270 e. The molecule has 1 atom stereocenters. The highest BCUT2D eigenvalue weighted by Crippen LogP contribution is 2.28. The third kappa shape index (κ3) is 2.59. The van der Waals surface area contributed by atoms with Gasteiger partial charge >= 0.3 is 0 Å². The average Bonchev–Trinajstić information content (AvgIpc) is 2.55. The van der Waals surface area contributed by atoms with Crippen molar-refractivity contribution in [3.63, 3.8) is 0 Å². The molecule has 0 bridgehead atoms. The van der Waals surface area contributed by atoms with E-state index in [4.69, 9.17) is 11.6 Å². The summed E-state index contributed by atoms with van der Waals surface area (Å²) in [7, 11) is 0. The Morgan fingerprint density at radius 3 is 2.70 bits per heavy atom. The number of non-ortho nitro benzene ring substituents is 1. The molecule has 2 aromatic carbocycles. The summed E-state index contributed by atoms with van der Waals surface area (Å²) >= 11 is 5.81. The molecule has 1 heterocycles. The van der Waals surface area contributed by atoms with Gasteiger partial charge in [-0.3, -0.25) is 14.8 Å². The number of nitrogens with zero attached hydrogens (tertiary/aromatic N) is 3. The van der Waals surface area contributed by atoms with Crippen molar-refractivity contribution in [2.24, 2.45) is 4.99 Å². The maximum atomic E-state index is 14.2. The number of hydrogen-bond acceptors (Lipinski definition) is 4. The first-order valence-corrected chi connectivity index (χ1v) is 7.22. The molecule has 0 aliphatic carbocycles. The highest BCUT2D eigenvalue weighted by atomic mass is 35.5. The predicted octanol–water partition coefficient (Wildman–Crippen LogP) is 1.99. The normalized spacial score (nSPS) is 19.9. The maximum absolute atomic E-state index is 14.2. The van der Waals surface area contributed by atoms with Gasteiger partial charge in [0, 0.05) is 12.1 Å². The third-order valence-corrected chi connectivity index (χ3v) is 4.03. The summed E-state index contributed by atoms with van der Waals surface area (Å²) in [5.74, 6) is -0.592. The molecule has 8 heteroatoms. The van der Waals surface area contributed by atoms with Crippen molar-refractivity contribution in [2.75, 3.05) is 12.7 Å². The molecule has 0 aromatic heterocycles. The molecule has 0 radical (unpaired) electrons. The molecule has 0 amide bonds. The van der Waals surface area contributed by atoms with Crippen LogP contribution in [0, 0.1) is 21.1 Å². The van der Waals surface area contributed by atoms with Gasteiger partial charge in [-0.05, 0) is 18.2 Å². The van der Waals surface area contributed by atoms with Crippen molar-refractivity contribution in [2.45, 2.75) is 0 Å². The largest absolute Gasteiger partial charge is 0.625 e. The van der Waals surface area contributed by atoms with Crippen LogP contribution in [0.1, 0.15) is 5.56 Å². The van der Waals surface area contributed by atoms with E-state index in [1.165, 1.54) is 36.4 Å². The van der Waals surface area contributed by atoms with Crippen LogP contribution in [0.3, 0.4) is 0 Å². The zero-order chi connectivity index (χ0) is 16.6. The van der Waals surface area contributed by atoms with E-state index in [1.54, 1.807) is 6.07 Å². The van der Waals surface area contributed by atoms with Gasteiger partial charge in [0.2, 0.25) is 0 Å². The van der Waals surface area contributed by atoms with Gasteiger partial charge in [-0.2, -0.15) is 0 Å². The average molecular weight is 336 g/mol. The number of rotatable bonds is 3. The number of hydroxylamine groups is 3. The van der Waals surface area contributed by atoms with Gasteiger partial charge in [0.1, 0.15) is 5.82 Å². The fourth-order valence-electron chi connectivity index (χ4n) is 2.56. The van der Waals surface area contributed by atoms with Crippen molar-refractivity contribution in [3.8, 4) is 0 Å². The molecule has 0 N–H and O–H groups in total. The Bertz CT molecular complexity index is 918. The molecule has 0 saturated heterocycles. The second kappa shape index (κ2) is 5.69. The van der Waals surface area contributed by atoms with E-state index in [0.717, 1.165) is 0 Å². The smallest absolute Gasteiger partial charge is 0.270 e. The Morgan fingerprint density at radius 1 is 1.30 bits per heavy atom. The van der Waals surface area contributed by atoms with Crippen LogP contribution in [0.5, 0.6) is 0 Å². The first-order chi connectivity index (χ1) is 11.0. The summed E-state index contributed by atoms with van der Waals surface area (Å²) in [5, 5.41) is 24.6. The first-order valence-electron chi connectivity index (χ1n) is 6.69. The van der Waals surface area contributed by atoms with Gasteiger partial charge in [-0.25, -0.2) is 9.38 Å².